The Bertz CT molecular complexity index is 738. The first kappa shape index (κ1) is 18.7. The molecule has 0 fully saturated rings. The molecule has 0 aliphatic heterocycles. The summed E-state index contributed by atoms with van der Waals surface area (Å²) in [4.78, 5) is 0. The first-order valence-corrected chi connectivity index (χ1v) is 8.60. The maximum absolute atomic E-state index is 6.42. The van der Waals surface area contributed by atoms with Crippen molar-refractivity contribution in [2.75, 3.05) is 0 Å². The molecule has 0 saturated heterocycles. The van der Waals surface area contributed by atoms with Crippen LogP contribution in [0.25, 0.3) is 0 Å². The third kappa shape index (κ3) is 5.19. The van der Waals surface area contributed by atoms with Gasteiger partial charge in [0, 0.05) is 11.1 Å². The van der Waals surface area contributed by atoms with E-state index in [0.717, 1.165) is 16.8 Å². The standard InChI is InChI=1S/C16H19Cl2N5S/c1-10(2)20-16(24)21-19-8-14-11(3)22-23(15(14)18)9-12-4-6-13(17)7-5-12/h4-8,10H,9H2,1-3H3,(H2,20,21,24)/b19-8-. The second kappa shape index (κ2) is 8.46. The van der Waals surface area contributed by atoms with E-state index in [1.54, 1.807) is 10.9 Å². The number of rotatable bonds is 5. The summed E-state index contributed by atoms with van der Waals surface area (Å²) in [5.41, 5.74) is 5.37. The van der Waals surface area contributed by atoms with Gasteiger partial charge in [0.15, 0.2) is 5.11 Å². The third-order valence-electron chi connectivity index (χ3n) is 3.13. The van der Waals surface area contributed by atoms with Gasteiger partial charge in [-0.1, -0.05) is 35.3 Å². The molecule has 1 heterocycles. The van der Waals surface area contributed by atoms with Gasteiger partial charge < -0.3 is 5.32 Å². The van der Waals surface area contributed by atoms with Crippen LogP contribution in [-0.4, -0.2) is 27.1 Å². The molecular weight excluding hydrogens is 365 g/mol. The van der Waals surface area contributed by atoms with E-state index in [1.807, 2.05) is 45.0 Å². The fourth-order valence-corrected chi connectivity index (χ4v) is 2.73. The van der Waals surface area contributed by atoms with Gasteiger partial charge in [-0.3, -0.25) is 5.43 Å². The van der Waals surface area contributed by atoms with Crippen molar-refractivity contribution < 1.29 is 0 Å². The molecule has 0 spiro atoms. The minimum absolute atomic E-state index is 0.243. The highest BCUT2D eigenvalue weighted by Gasteiger charge is 2.12. The lowest BCUT2D eigenvalue weighted by molar-refractivity contribution is 0.680. The van der Waals surface area contributed by atoms with E-state index in [9.17, 15) is 0 Å². The van der Waals surface area contributed by atoms with Crippen molar-refractivity contribution in [3.8, 4) is 0 Å². The summed E-state index contributed by atoms with van der Waals surface area (Å²) in [5, 5.41) is 13.3. The second-order valence-corrected chi connectivity index (χ2v) is 6.77. The average Bonchev–Trinajstić information content (AvgIpc) is 2.76. The number of hydrogen-bond acceptors (Lipinski definition) is 3. The Balaban J connectivity index is 2.08. The molecule has 0 unspecified atom stereocenters. The van der Waals surface area contributed by atoms with E-state index in [1.165, 1.54) is 0 Å². The van der Waals surface area contributed by atoms with Gasteiger partial charge in [-0.15, -0.1) is 0 Å². The number of nitrogens with zero attached hydrogens (tertiary/aromatic N) is 3. The Morgan fingerprint density at radius 2 is 2.00 bits per heavy atom. The molecule has 0 bridgehead atoms. The number of aryl methyl sites for hydroxylation is 1. The molecule has 0 atom stereocenters. The Hall–Kier alpha value is -1.63. The molecule has 0 aliphatic carbocycles. The van der Waals surface area contributed by atoms with E-state index in [4.69, 9.17) is 35.4 Å². The van der Waals surface area contributed by atoms with Gasteiger partial charge in [-0.05, 0) is 50.7 Å². The van der Waals surface area contributed by atoms with Crippen molar-refractivity contribution in [3.63, 3.8) is 0 Å². The van der Waals surface area contributed by atoms with E-state index in [0.29, 0.717) is 21.8 Å². The summed E-state index contributed by atoms with van der Waals surface area (Å²) in [6.45, 7) is 6.45. The van der Waals surface area contributed by atoms with Crippen molar-refractivity contribution in [2.24, 2.45) is 5.10 Å². The van der Waals surface area contributed by atoms with Crippen LogP contribution in [0, 0.1) is 6.92 Å². The number of benzene rings is 1. The summed E-state index contributed by atoms with van der Waals surface area (Å²) < 4.78 is 1.73. The van der Waals surface area contributed by atoms with Crippen molar-refractivity contribution in [1.29, 1.82) is 0 Å². The lowest BCUT2D eigenvalue weighted by Crippen LogP contribution is -2.36. The molecule has 0 saturated carbocycles. The van der Waals surface area contributed by atoms with E-state index in [2.05, 4.69) is 20.9 Å². The molecular formula is C16H19Cl2N5S. The molecule has 8 heteroatoms. The topological polar surface area (TPSA) is 54.2 Å². The molecule has 1 aromatic carbocycles. The monoisotopic (exact) mass is 383 g/mol. The van der Waals surface area contributed by atoms with Gasteiger partial charge in [0.1, 0.15) is 5.15 Å². The largest absolute Gasteiger partial charge is 0.359 e. The van der Waals surface area contributed by atoms with Gasteiger partial charge in [-0.2, -0.15) is 10.2 Å². The molecule has 0 amide bonds. The molecule has 2 aromatic rings. The Kier molecular flexibility index (Phi) is 6.60. The number of aromatic nitrogens is 2. The van der Waals surface area contributed by atoms with Crippen molar-refractivity contribution in [2.45, 2.75) is 33.4 Å². The van der Waals surface area contributed by atoms with Crippen LogP contribution < -0.4 is 10.7 Å². The van der Waals surface area contributed by atoms with E-state index < -0.39 is 0 Å². The summed E-state index contributed by atoms with van der Waals surface area (Å²) in [7, 11) is 0. The zero-order valence-electron chi connectivity index (χ0n) is 13.7. The summed E-state index contributed by atoms with van der Waals surface area (Å²) in [6, 6.07) is 7.82. The highest BCUT2D eigenvalue weighted by Crippen LogP contribution is 2.19. The molecule has 2 N–H and O–H groups in total. The molecule has 128 valence electrons. The fourth-order valence-electron chi connectivity index (χ4n) is 2.03. The van der Waals surface area contributed by atoms with Crippen LogP contribution in [0.5, 0.6) is 0 Å². The lowest BCUT2D eigenvalue weighted by Gasteiger charge is -2.09. The number of halogens is 2. The normalized spacial score (nSPS) is 11.2. The maximum atomic E-state index is 6.42. The van der Waals surface area contributed by atoms with Crippen LogP contribution in [0.1, 0.15) is 30.7 Å². The number of nitrogens with one attached hydrogen (secondary N) is 2. The molecule has 5 nitrogen and oxygen atoms in total. The molecule has 0 aliphatic rings. The highest BCUT2D eigenvalue weighted by molar-refractivity contribution is 7.80. The van der Waals surface area contributed by atoms with Crippen molar-refractivity contribution in [1.82, 2.24) is 20.5 Å². The van der Waals surface area contributed by atoms with Crippen LogP contribution in [0.15, 0.2) is 29.4 Å². The van der Waals surface area contributed by atoms with Crippen LogP contribution >= 0.6 is 35.4 Å². The minimum atomic E-state index is 0.243. The van der Waals surface area contributed by atoms with Gasteiger partial charge >= 0.3 is 0 Å². The van der Waals surface area contributed by atoms with Crippen molar-refractivity contribution >= 4 is 46.7 Å². The SMILES string of the molecule is Cc1nn(Cc2ccc(Cl)cc2)c(Cl)c1/C=N\NC(=S)NC(C)C. The van der Waals surface area contributed by atoms with Crippen LogP contribution in [0.2, 0.25) is 10.2 Å². The Morgan fingerprint density at radius 1 is 1.33 bits per heavy atom. The number of hydrogen-bond donors (Lipinski definition) is 2. The summed E-state index contributed by atoms with van der Waals surface area (Å²) in [5.74, 6) is 0. The average molecular weight is 384 g/mol. The summed E-state index contributed by atoms with van der Waals surface area (Å²) in [6.07, 6.45) is 1.62. The predicted octanol–water partition coefficient (Wildman–Crippen LogP) is 3.75. The zero-order valence-corrected chi connectivity index (χ0v) is 16.0. The third-order valence-corrected chi connectivity index (χ3v) is 3.99. The van der Waals surface area contributed by atoms with Gasteiger partial charge in [0.05, 0.1) is 24.0 Å². The van der Waals surface area contributed by atoms with Gasteiger partial charge in [-0.25, -0.2) is 4.68 Å². The molecule has 2 rings (SSSR count). The van der Waals surface area contributed by atoms with Gasteiger partial charge in [0.2, 0.25) is 0 Å². The Labute approximate surface area is 157 Å². The van der Waals surface area contributed by atoms with Crippen LogP contribution in [0.3, 0.4) is 0 Å². The fraction of sp³-hybridized carbons (Fsp3) is 0.312. The molecule has 1 aromatic heterocycles. The predicted molar refractivity (Wildman–Crippen MR) is 104 cm³/mol. The van der Waals surface area contributed by atoms with E-state index >= 15 is 0 Å². The zero-order chi connectivity index (χ0) is 17.7. The summed E-state index contributed by atoms with van der Waals surface area (Å²) >= 11 is 17.4. The van der Waals surface area contributed by atoms with Crippen molar-refractivity contribution in [3.05, 3.63) is 51.3 Å². The van der Waals surface area contributed by atoms with E-state index in [-0.39, 0.29) is 6.04 Å². The molecule has 0 radical (unpaired) electrons. The quantitative estimate of drug-likeness (QED) is 0.468. The van der Waals surface area contributed by atoms with Crippen LogP contribution in [-0.2, 0) is 6.54 Å². The highest BCUT2D eigenvalue weighted by atomic mass is 35.5. The minimum Gasteiger partial charge on any atom is -0.359 e. The number of hydrazone groups is 1. The van der Waals surface area contributed by atoms with Crippen LogP contribution in [0.4, 0.5) is 0 Å². The Morgan fingerprint density at radius 3 is 2.62 bits per heavy atom. The molecule has 24 heavy (non-hydrogen) atoms. The first-order valence-electron chi connectivity index (χ1n) is 7.43. The number of thiocarbonyl (C=S) groups is 1. The lowest BCUT2D eigenvalue weighted by atomic mass is 10.2. The smallest absolute Gasteiger partial charge is 0.187 e. The second-order valence-electron chi connectivity index (χ2n) is 5.57. The maximum Gasteiger partial charge on any atom is 0.187 e. The first-order chi connectivity index (χ1) is 11.4. The van der Waals surface area contributed by atoms with Gasteiger partial charge in [0.25, 0.3) is 0 Å².